The van der Waals surface area contributed by atoms with Gasteiger partial charge in [-0.15, -0.1) is 0 Å². The molecule has 6 rings (SSSR count). The number of halogens is 6. The van der Waals surface area contributed by atoms with Crippen molar-refractivity contribution in [2.45, 2.75) is 177 Å². The first-order valence-corrected chi connectivity index (χ1v) is 35.6. The highest BCUT2D eigenvalue weighted by Crippen LogP contribution is 2.39. The molecule has 0 aromatic carbocycles. The zero-order valence-corrected chi connectivity index (χ0v) is 60.5. The van der Waals surface area contributed by atoms with Crippen LogP contribution in [0.4, 0.5) is 0 Å². The lowest BCUT2D eigenvalue weighted by Gasteiger charge is -2.36. The van der Waals surface area contributed by atoms with E-state index in [-0.39, 0.29) is 69.5 Å². The number of hydrogen-bond donors (Lipinski definition) is 6. The zero-order valence-electron chi connectivity index (χ0n) is 54.0. The van der Waals surface area contributed by atoms with Crippen molar-refractivity contribution >= 4 is 104 Å². The molecule has 502 valence electrons. The summed E-state index contributed by atoms with van der Waals surface area (Å²) >= 11 is 35.2. The monoisotopic (exact) mass is 1420 g/mol. The van der Waals surface area contributed by atoms with Crippen LogP contribution in [0.15, 0.2) is 73.6 Å². The maximum atomic E-state index is 11.4. The zero-order chi connectivity index (χ0) is 69.6. The molecule has 91 heavy (non-hydrogen) atoms. The van der Waals surface area contributed by atoms with Crippen molar-refractivity contribution in [3.05, 3.63) is 171 Å². The molecule has 0 atom stereocenters. The second kappa shape index (κ2) is 37.7. The molecule has 20 nitrogen and oxygen atoms in total. The van der Waals surface area contributed by atoms with Crippen molar-refractivity contribution in [1.82, 2.24) is 29.9 Å². The molecule has 6 N–H and O–H groups in total. The number of methoxy groups -OCH3 is 2. The van der Waals surface area contributed by atoms with Crippen LogP contribution in [0, 0.1) is 11.3 Å². The fourth-order valence-corrected chi connectivity index (χ4v) is 10.1. The second-order valence-electron chi connectivity index (χ2n) is 24.4. The third kappa shape index (κ3) is 28.5. The van der Waals surface area contributed by atoms with E-state index in [1.807, 2.05) is 12.1 Å². The summed E-state index contributed by atoms with van der Waals surface area (Å²) in [4.78, 5) is 56.4. The highest BCUT2D eigenvalue weighted by molar-refractivity contribution is 6.74. The van der Waals surface area contributed by atoms with Gasteiger partial charge in [-0.05, 0) is 142 Å². The van der Waals surface area contributed by atoms with E-state index in [1.165, 1.54) is 57.2 Å². The molecular formula is C63H87Cl6N7O13Si2. The minimum absolute atomic E-state index is 0. The van der Waals surface area contributed by atoms with E-state index in [0.29, 0.717) is 73.9 Å². The number of aliphatic hydroxyl groups is 6. The Bertz CT molecular complexity index is 3380. The van der Waals surface area contributed by atoms with E-state index < -0.39 is 45.4 Å². The average molecular weight is 1420 g/mol. The number of pyridine rings is 6. The summed E-state index contributed by atoms with van der Waals surface area (Å²) in [6.45, 7) is 32.3. The maximum absolute atomic E-state index is 11.4. The van der Waals surface area contributed by atoms with E-state index in [4.69, 9.17) is 99.0 Å². The number of ether oxygens (including phenoxy) is 2. The Morgan fingerprint density at radius 3 is 1.05 bits per heavy atom. The second-order valence-corrected chi connectivity index (χ2v) is 36.5. The Labute approximate surface area is 567 Å². The van der Waals surface area contributed by atoms with Crippen molar-refractivity contribution in [2.75, 3.05) is 14.2 Å². The molecule has 0 aliphatic rings. The lowest BCUT2D eigenvalue weighted by atomic mass is 10.0. The predicted octanol–water partition coefficient (Wildman–Crippen LogP) is 14.5. The minimum Gasteiger partial charge on any atom is -0.464 e. The standard InChI is InChI=1S/C15H26ClNO2Si.C14H22ClNO3Si.C9H12ClNO2.C9H10ClNO2.C8H8ClNO3.C7H5ClN2O.CH4/c1-14(2,3)20(6,7)19-10-11-8-12(16)13(17-9-11)15(4,5)18;1-14(2,3)20(5,6)19-9-10-7-11(15)12(16-8-10)13(17)18-4;2*1-9(2,13)8-7(10)3-6(5-12)4-11-8;1-13-8(12)7-6(9)2-5(4-11)3-10-7;8-6-1-5(4-11)3-10-7(6)2-9;/h8-9,18H,10H2,1-7H3;7-8H,9H2,1-6H3;3-4,12-13H,5H2,1-2H3;3-5,13H,1-2H3;2-3,11H,4H2,1H3;1,3,11H,4H2;1H4. The summed E-state index contributed by atoms with van der Waals surface area (Å²) in [6.07, 6.45) is 9.67. The number of aromatic nitrogens is 6. The number of rotatable bonds is 15. The summed E-state index contributed by atoms with van der Waals surface area (Å²) in [6, 6.07) is 11.4. The predicted molar refractivity (Wildman–Crippen MR) is 362 cm³/mol. The van der Waals surface area contributed by atoms with Crippen molar-refractivity contribution in [3.8, 4) is 6.07 Å². The average Bonchev–Trinajstić information content (AvgIpc) is 1.11. The van der Waals surface area contributed by atoms with Crippen LogP contribution in [0.25, 0.3) is 0 Å². The first-order valence-electron chi connectivity index (χ1n) is 27.5. The van der Waals surface area contributed by atoms with Gasteiger partial charge in [-0.1, -0.05) is 119 Å². The topological polar surface area (TPSA) is 311 Å². The third-order valence-electron chi connectivity index (χ3n) is 13.4. The first kappa shape index (κ1) is 85.9. The van der Waals surface area contributed by atoms with Gasteiger partial charge in [0.1, 0.15) is 22.9 Å². The van der Waals surface area contributed by atoms with Gasteiger partial charge in [0, 0.05) is 42.7 Å². The van der Waals surface area contributed by atoms with Crippen LogP contribution in [0.2, 0.25) is 66.4 Å². The van der Waals surface area contributed by atoms with Crippen LogP contribution in [-0.2, 0) is 68.2 Å². The Morgan fingerprint density at radius 1 is 0.484 bits per heavy atom. The molecule has 6 aromatic heterocycles. The number of nitriles is 1. The molecule has 0 aliphatic heterocycles. The van der Waals surface area contributed by atoms with Crippen LogP contribution in [0.1, 0.15) is 172 Å². The molecular weight excluding hydrogens is 1330 g/mol. The van der Waals surface area contributed by atoms with Gasteiger partial charge in [-0.25, -0.2) is 24.5 Å². The summed E-state index contributed by atoms with van der Waals surface area (Å²) in [5.74, 6) is -1.12. The Balaban J connectivity index is 0.00000108. The number of hydrogen-bond acceptors (Lipinski definition) is 20. The van der Waals surface area contributed by atoms with Gasteiger partial charge in [0.25, 0.3) is 0 Å². The molecule has 0 saturated carbocycles. The molecule has 0 unspecified atom stereocenters. The number of aliphatic hydroxyl groups excluding tert-OH is 3. The van der Waals surface area contributed by atoms with Gasteiger partial charge in [-0.3, -0.25) is 19.7 Å². The van der Waals surface area contributed by atoms with Crippen LogP contribution < -0.4 is 0 Å². The van der Waals surface area contributed by atoms with Gasteiger partial charge in [-0.2, -0.15) is 5.26 Å². The number of carbonyl (C=O) groups is 3. The van der Waals surface area contributed by atoms with Gasteiger partial charge < -0.3 is 49.0 Å². The molecule has 0 fully saturated rings. The van der Waals surface area contributed by atoms with Crippen LogP contribution in [-0.4, -0.2) is 110 Å². The van der Waals surface area contributed by atoms with E-state index in [1.54, 1.807) is 66.1 Å². The number of aldehydes is 1. The normalized spacial score (nSPS) is 11.5. The molecule has 0 amide bonds. The summed E-state index contributed by atoms with van der Waals surface area (Å²) in [5, 5.41) is 66.0. The fraction of sp³-hybridized carbons (Fsp3) is 0.460. The number of esters is 2. The SMILES string of the molecule is C.CC(C)(O)c1ncc(C=O)cc1Cl.CC(C)(O)c1ncc(CO)cc1Cl.CC(C)(O)c1ncc(CO[Si](C)(C)C(C)(C)C)cc1Cl.COC(=O)c1ncc(CO)cc1Cl.COC(=O)c1ncc(CO[Si](C)(C)C(C)(C)C)cc1Cl.N#Cc1ncc(CO)cc1Cl. The smallest absolute Gasteiger partial charge is 0.358 e. The highest BCUT2D eigenvalue weighted by Gasteiger charge is 2.38. The maximum Gasteiger partial charge on any atom is 0.358 e. The largest absolute Gasteiger partial charge is 0.464 e. The van der Waals surface area contributed by atoms with Crippen molar-refractivity contribution in [1.29, 1.82) is 5.26 Å². The summed E-state index contributed by atoms with van der Waals surface area (Å²) < 4.78 is 21.3. The number of carbonyl (C=O) groups excluding carboxylic acids is 3. The van der Waals surface area contributed by atoms with Gasteiger partial charge in [0.2, 0.25) is 0 Å². The van der Waals surface area contributed by atoms with E-state index in [2.05, 4.69) is 107 Å². The van der Waals surface area contributed by atoms with Crippen LogP contribution in [0.5, 0.6) is 0 Å². The first-order chi connectivity index (χ1) is 41.3. The summed E-state index contributed by atoms with van der Waals surface area (Å²) in [7, 11) is -1.03. The minimum atomic E-state index is -1.81. The molecule has 6 heterocycles. The van der Waals surface area contributed by atoms with Crippen molar-refractivity contribution in [3.63, 3.8) is 0 Å². The van der Waals surface area contributed by atoms with Crippen LogP contribution >= 0.6 is 69.6 Å². The van der Waals surface area contributed by atoms with Gasteiger partial charge in [0.15, 0.2) is 40.0 Å². The molecule has 0 bridgehead atoms. The van der Waals surface area contributed by atoms with Gasteiger partial charge in [0.05, 0.1) is 94.5 Å². The Kier molecular flexibility index (Phi) is 35.5. The van der Waals surface area contributed by atoms with Gasteiger partial charge >= 0.3 is 11.9 Å². The van der Waals surface area contributed by atoms with E-state index in [9.17, 15) is 29.7 Å². The van der Waals surface area contributed by atoms with Crippen LogP contribution in [0.3, 0.4) is 0 Å². The summed E-state index contributed by atoms with van der Waals surface area (Å²) in [5.41, 5.74) is 2.49. The molecule has 6 aromatic rings. The fourth-order valence-electron chi connectivity index (χ4n) is 6.21. The Hall–Kier alpha value is -5.15. The number of nitrogens with zero attached hydrogens (tertiary/aromatic N) is 7. The Morgan fingerprint density at radius 2 is 0.769 bits per heavy atom. The lowest BCUT2D eigenvalue weighted by Crippen LogP contribution is -2.40. The van der Waals surface area contributed by atoms with E-state index >= 15 is 0 Å². The van der Waals surface area contributed by atoms with Crippen molar-refractivity contribution in [2.24, 2.45) is 0 Å². The lowest BCUT2D eigenvalue weighted by molar-refractivity contribution is 0.0585. The third-order valence-corrected chi connectivity index (χ3v) is 24.1. The molecule has 0 spiro atoms. The van der Waals surface area contributed by atoms with Crippen molar-refractivity contribution < 1.29 is 63.3 Å². The molecule has 0 aliphatic carbocycles. The quantitative estimate of drug-likeness (QED) is 0.0316. The highest BCUT2D eigenvalue weighted by atomic mass is 35.5. The molecule has 28 heteroatoms. The van der Waals surface area contributed by atoms with E-state index in [0.717, 1.165) is 11.1 Å². The molecule has 0 radical (unpaired) electrons. The molecule has 0 saturated heterocycles.